The average molecular weight is 643 g/mol. The number of esters is 1. The Morgan fingerprint density at radius 1 is 0.854 bits per heavy atom. The molecule has 0 bridgehead atoms. The van der Waals surface area contributed by atoms with Crippen molar-refractivity contribution >= 4 is 40.5 Å². The molecule has 3 heterocycles. The lowest BCUT2D eigenvalue weighted by atomic mass is 9.92. The molecule has 242 valence electrons. The lowest BCUT2D eigenvalue weighted by molar-refractivity contribution is 0.0526. The molecule has 1 unspecified atom stereocenters. The van der Waals surface area contributed by atoms with Crippen molar-refractivity contribution in [2.24, 2.45) is 9.98 Å². The number of hydrogen-bond donors (Lipinski definition) is 1. The third kappa shape index (κ3) is 5.19. The van der Waals surface area contributed by atoms with E-state index in [9.17, 15) is 4.79 Å². The molecule has 5 aromatic rings. The summed E-state index contributed by atoms with van der Waals surface area (Å²) in [7, 11) is 4.81. The summed E-state index contributed by atoms with van der Waals surface area (Å²) < 4.78 is 24.3. The predicted octanol–water partition coefficient (Wildman–Crippen LogP) is 7.18. The number of nitrogens with zero attached hydrogens (tertiary/aromatic N) is 5. The number of carbonyl (C=O) groups is 1. The van der Waals surface area contributed by atoms with Crippen molar-refractivity contribution < 1.29 is 23.7 Å². The molecule has 2 aliphatic rings. The number of carbonyl (C=O) groups excluding carboxylic acids is 1. The van der Waals surface area contributed by atoms with Gasteiger partial charge < -0.3 is 29.2 Å². The van der Waals surface area contributed by atoms with Crippen molar-refractivity contribution in [1.82, 2.24) is 9.78 Å². The third-order valence-corrected chi connectivity index (χ3v) is 8.30. The Balaban J connectivity index is 1.45. The maximum Gasteiger partial charge on any atom is 0.338 e. The molecule has 0 radical (unpaired) electrons. The Hall–Kier alpha value is -6.10. The van der Waals surface area contributed by atoms with Crippen LogP contribution in [0.5, 0.6) is 17.2 Å². The summed E-state index contributed by atoms with van der Waals surface area (Å²) in [5.41, 5.74) is 6.32. The van der Waals surface area contributed by atoms with Gasteiger partial charge in [-0.3, -0.25) is 0 Å². The largest absolute Gasteiger partial charge is 0.493 e. The quantitative estimate of drug-likeness (QED) is 0.177. The zero-order valence-electron chi connectivity index (χ0n) is 27.2. The summed E-state index contributed by atoms with van der Waals surface area (Å²) in [6, 6.07) is 28.5. The first kappa shape index (κ1) is 30.5. The van der Waals surface area contributed by atoms with E-state index in [1.807, 2.05) is 90.5 Å². The predicted molar refractivity (Wildman–Crippen MR) is 185 cm³/mol. The molecule has 1 atom stereocenters. The number of methoxy groups -OCH3 is 3. The summed E-state index contributed by atoms with van der Waals surface area (Å²) in [4.78, 5) is 24.8. The van der Waals surface area contributed by atoms with Gasteiger partial charge in [-0.15, -0.1) is 0 Å². The zero-order valence-corrected chi connectivity index (χ0v) is 27.2. The second-order valence-electron chi connectivity index (χ2n) is 11.1. The number of anilines is 2. The van der Waals surface area contributed by atoms with Crippen LogP contribution >= 0.6 is 0 Å². The fraction of sp³-hybridized carbons (Fsp3) is 0.189. The van der Waals surface area contributed by atoms with Gasteiger partial charge in [0.05, 0.1) is 62.3 Å². The highest BCUT2D eigenvalue weighted by atomic mass is 16.5. The Morgan fingerprint density at radius 2 is 1.54 bits per heavy atom. The molecule has 11 heteroatoms. The number of amidine groups is 2. The monoisotopic (exact) mass is 642 g/mol. The number of aliphatic imine (C=N–C) groups is 2. The first-order valence-corrected chi connectivity index (χ1v) is 15.5. The fourth-order valence-electron chi connectivity index (χ4n) is 6.16. The molecule has 0 aliphatic carbocycles. The molecule has 0 saturated carbocycles. The van der Waals surface area contributed by atoms with E-state index in [1.54, 1.807) is 40.4 Å². The minimum atomic E-state index is -0.418. The van der Waals surface area contributed by atoms with Crippen molar-refractivity contribution in [1.29, 1.82) is 0 Å². The molecule has 7 rings (SSSR count). The van der Waals surface area contributed by atoms with Gasteiger partial charge in [0.2, 0.25) is 5.75 Å². The Labute approximate surface area is 278 Å². The van der Waals surface area contributed by atoms with Crippen LogP contribution in [0.2, 0.25) is 0 Å². The summed E-state index contributed by atoms with van der Waals surface area (Å²) in [5, 5.41) is 8.49. The summed E-state index contributed by atoms with van der Waals surface area (Å²) in [5.74, 6) is 2.98. The minimum Gasteiger partial charge on any atom is -0.493 e. The highest BCUT2D eigenvalue weighted by molar-refractivity contribution is 6.51. The number of aryl methyl sites for hydroxylation is 1. The second-order valence-corrected chi connectivity index (χ2v) is 11.1. The number of benzene rings is 4. The molecular weight excluding hydrogens is 608 g/mol. The van der Waals surface area contributed by atoms with E-state index in [1.165, 1.54) is 0 Å². The van der Waals surface area contributed by atoms with Crippen LogP contribution in [0.1, 0.15) is 40.1 Å². The minimum absolute atomic E-state index is 0.304. The second kappa shape index (κ2) is 12.6. The molecule has 1 aromatic heterocycles. The van der Waals surface area contributed by atoms with Crippen molar-refractivity contribution in [3.8, 4) is 22.9 Å². The molecule has 1 N–H and O–H groups in total. The van der Waals surface area contributed by atoms with Gasteiger partial charge in [0, 0.05) is 11.3 Å². The number of rotatable bonds is 8. The molecule has 0 saturated heterocycles. The van der Waals surface area contributed by atoms with Crippen LogP contribution in [0, 0.1) is 6.92 Å². The highest BCUT2D eigenvalue weighted by Crippen LogP contribution is 2.50. The van der Waals surface area contributed by atoms with E-state index < -0.39 is 6.04 Å². The van der Waals surface area contributed by atoms with Crippen LogP contribution in [-0.4, -0.2) is 55.4 Å². The summed E-state index contributed by atoms with van der Waals surface area (Å²) >= 11 is 0. The van der Waals surface area contributed by atoms with Gasteiger partial charge in [-0.25, -0.2) is 19.5 Å². The lowest BCUT2D eigenvalue weighted by Crippen LogP contribution is -2.46. The number of fused-ring (bicyclic) bond motifs is 4. The van der Waals surface area contributed by atoms with Crippen molar-refractivity contribution in [2.75, 3.05) is 38.2 Å². The van der Waals surface area contributed by atoms with E-state index in [4.69, 9.17) is 34.0 Å². The van der Waals surface area contributed by atoms with Gasteiger partial charge in [0.15, 0.2) is 29.0 Å². The molecule has 0 fully saturated rings. The molecule has 48 heavy (non-hydrogen) atoms. The molecular formula is C37H34N6O5. The molecule has 4 aromatic carbocycles. The van der Waals surface area contributed by atoms with Crippen LogP contribution in [0.3, 0.4) is 0 Å². The zero-order chi connectivity index (χ0) is 33.4. The number of aromatic nitrogens is 2. The van der Waals surface area contributed by atoms with E-state index in [0.717, 1.165) is 39.6 Å². The molecule has 0 spiro atoms. The van der Waals surface area contributed by atoms with Gasteiger partial charge in [-0.05, 0) is 80.1 Å². The van der Waals surface area contributed by atoms with Gasteiger partial charge in [0.1, 0.15) is 0 Å². The number of hydrogen-bond acceptors (Lipinski definition) is 10. The molecule has 0 amide bonds. The lowest BCUT2D eigenvalue weighted by Gasteiger charge is -2.40. The standard InChI is InChI=1S/C37H34N6O5/c1-6-48-37(44)23-16-18-25(19-17-23)38-34-36-40-35-31(22(2)41-43(35)26-12-8-7-9-13-26)32(42(36)28-15-11-10-14-27(28)39-34)24-20-29(45-3)33(47-5)30(21-24)46-4/h7-21,32H,6H2,1-5H3,(H,38,39). The van der Waals surface area contributed by atoms with Gasteiger partial charge in [-0.1, -0.05) is 30.3 Å². The Kier molecular flexibility index (Phi) is 8.02. The highest BCUT2D eigenvalue weighted by Gasteiger charge is 2.42. The van der Waals surface area contributed by atoms with Crippen LogP contribution < -0.4 is 24.4 Å². The number of ether oxygens (including phenoxy) is 4. The van der Waals surface area contributed by atoms with E-state index >= 15 is 0 Å². The van der Waals surface area contributed by atoms with Crippen LogP contribution in [0.4, 0.5) is 22.9 Å². The van der Waals surface area contributed by atoms with Gasteiger partial charge in [-0.2, -0.15) is 5.10 Å². The first-order chi connectivity index (χ1) is 23.4. The fourth-order valence-corrected chi connectivity index (χ4v) is 6.16. The van der Waals surface area contributed by atoms with Crippen molar-refractivity contribution in [2.45, 2.75) is 19.9 Å². The maximum absolute atomic E-state index is 12.3. The molecule has 11 nitrogen and oxygen atoms in total. The van der Waals surface area contributed by atoms with Gasteiger partial charge in [0.25, 0.3) is 0 Å². The van der Waals surface area contributed by atoms with Crippen LogP contribution in [0.15, 0.2) is 101 Å². The van der Waals surface area contributed by atoms with Crippen LogP contribution in [0.25, 0.3) is 5.69 Å². The normalized spacial score (nSPS) is 14.5. The van der Waals surface area contributed by atoms with Crippen LogP contribution in [-0.2, 0) is 4.74 Å². The van der Waals surface area contributed by atoms with Crippen molar-refractivity contribution in [3.63, 3.8) is 0 Å². The topological polar surface area (TPSA) is 112 Å². The SMILES string of the molecule is CCOC(=O)c1ccc(NC2=Nc3ccccc3N3C2=Nc2c(c(C)nn2-c2ccccc2)C3c2cc(OC)c(OC)c(OC)c2)cc1. The summed E-state index contributed by atoms with van der Waals surface area (Å²) in [6.45, 7) is 4.09. The van der Waals surface area contributed by atoms with E-state index in [-0.39, 0.29) is 5.97 Å². The molecule has 2 aliphatic heterocycles. The Morgan fingerprint density at radius 3 is 2.21 bits per heavy atom. The van der Waals surface area contributed by atoms with E-state index in [0.29, 0.717) is 46.9 Å². The number of para-hydroxylation sites is 3. The third-order valence-electron chi connectivity index (χ3n) is 8.30. The first-order valence-electron chi connectivity index (χ1n) is 15.5. The summed E-state index contributed by atoms with van der Waals surface area (Å²) in [6.07, 6.45) is 0. The van der Waals surface area contributed by atoms with E-state index in [2.05, 4.69) is 10.2 Å². The Bertz CT molecular complexity index is 2050. The van der Waals surface area contributed by atoms with Gasteiger partial charge >= 0.3 is 5.97 Å². The smallest absolute Gasteiger partial charge is 0.338 e. The van der Waals surface area contributed by atoms with Crippen molar-refractivity contribution in [3.05, 3.63) is 113 Å². The average Bonchev–Trinajstić information content (AvgIpc) is 3.46. The maximum atomic E-state index is 12.3. The number of nitrogens with one attached hydrogen (secondary N) is 1.